The van der Waals surface area contributed by atoms with Crippen LogP contribution >= 0.6 is 34.5 Å². The molecule has 2 nitrogen and oxygen atoms in total. The number of halogens is 2. The van der Waals surface area contributed by atoms with Gasteiger partial charge in [-0.15, -0.1) is 11.3 Å². The number of nitrogens with one attached hydrogen (secondary N) is 1. The van der Waals surface area contributed by atoms with Crippen LogP contribution in [0.2, 0.25) is 10.0 Å². The summed E-state index contributed by atoms with van der Waals surface area (Å²) in [5.74, 6) is 0. The minimum atomic E-state index is 0.564. The van der Waals surface area contributed by atoms with E-state index in [1.165, 1.54) is 4.88 Å². The molecule has 17 heavy (non-hydrogen) atoms. The van der Waals surface area contributed by atoms with E-state index in [4.69, 9.17) is 23.2 Å². The Hall–Kier alpha value is -0.770. The molecule has 1 aromatic heterocycles. The van der Waals surface area contributed by atoms with E-state index in [1.807, 2.05) is 26.0 Å². The fourth-order valence-corrected chi connectivity index (χ4v) is 2.70. The zero-order valence-corrected chi connectivity index (χ0v) is 11.9. The average molecular weight is 287 g/mol. The number of rotatable bonds is 3. The Labute approximate surface area is 115 Å². The third-order valence-electron chi connectivity index (χ3n) is 2.37. The molecular weight excluding hydrogens is 275 g/mol. The van der Waals surface area contributed by atoms with E-state index in [0.717, 1.165) is 22.9 Å². The van der Waals surface area contributed by atoms with Crippen molar-refractivity contribution in [3.63, 3.8) is 0 Å². The van der Waals surface area contributed by atoms with Crippen LogP contribution in [0.5, 0.6) is 0 Å². The molecule has 0 spiro atoms. The fraction of sp³-hybridized carbons (Fsp3) is 0.250. The topological polar surface area (TPSA) is 24.9 Å². The SMILES string of the molecule is Cc1nc(C)c(CNc2ccc(Cl)c(Cl)c2)s1. The second kappa shape index (κ2) is 5.25. The molecule has 0 bridgehead atoms. The summed E-state index contributed by atoms with van der Waals surface area (Å²) in [5.41, 5.74) is 2.05. The molecule has 0 aliphatic carbocycles. The lowest BCUT2D eigenvalue weighted by molar-refractivity contribution is 1.11. The normalized spacial score (nSPS) is 10.6. The molecule has 0 radical (unpaired) electrons. The standard InChI is InChI=1S/C12H12Cl2N2S/c1-7-12(17-8(2)16-7)6-15-9-3-4-10(13)11(14)5-9/h3-5,15H,6H2,1-2H3. The number of benzene rings is 1. The second-order valence-electron chi connectivity index (χ2n) is 3.72. The summed E-state index contributed by atoms with van der Waals surface area (Å²) in [7, 11) is 0. The molecule has 0 saturated heterocycles. The van der Waals surface area contributed by atoms with Crippen LogP contribution < -0.4 is 5.32 Å². The summed E-state index contributed by atoms with van der Waals surface area (Å²) >= 11 is 13.5. The number of hydrogen-bond acceptors (Lipinski definition) is 3. The number of hydrogen-bond donors (Lipinski definition) is 1. The highest BCUT2D eigenvalue weighted by Gasteiger charge is 2.05. The maximum atomic E-state index is 5.95. The molecule has 1 heterocycles. The maximum absolute atomic E-state index is 5.95. The summed E-state index contributed by atoms with van der Waals surface area (Å²) in [6.07, 6.45) is 0. The van der Waals surface area contributed by atoms with E-state index in [1.54, 1.807) is 17.4 Å². The van der Waals surface area contributed by atoms with E-state index < -0.39 is 0 Å². The summed E-state index contributed by atoms with van der Waals surface area (Å²) < 4.78 is 0. The van der Waals surface area contributed by atoms with E-state index in [9.17, 15) is 0 Å². The predicted octanol–water partition coefficient (Wildman–Crippen LogP) is 4.68. The van der Waals surface area contributed by atoms with Crippen LogP contribution in [0.1, 0.15) is 15.6 Å². The Balaban J connectivity index is 2.07. The molecular formula is C12H12Cl2N2S. The predicted molar refractivity (Wildman–Crippen MR) is 75.4 cm³/mol. The Kier molecular flexibility index (Phi) is 3.92. The molecule has 0 aliphatic heterocycles. The monoisotopic (exact) mass is 286 g/mol. The van der Waals surface area contributed by atoms with Crippen molar-refractivity contribution in [1.82, 2.24) is 4.98 Å². The number of anilines is 1. The number of aryl methyl sites for hydroxylation is 2. The lowest BCUT2D eigenvalue weighted by atomic mass is 10.3. The van der Waals surface area contributed by atoms with Crippen molar-refractivity contribution in [2.24, 2.45) is 0 Å². The van der Waals surface area contributed by atoms with Crippen LogP contribution in [0.15, 0.2) is 18.2 Å². The van der Waals surface area contributed by atoms with Gasteiger partial charge < -0.3 is 5.32 Å². The fourth-order valence-electron chi connectivity index (χ4n) is 1.53. The molecule has 0 fully saturated rings. The van der Waals surface area contributed by atoms with Gasteiger partial charge in [0.1, 0.15) is 0 Å². The van der Waals surface area contributed by atoms with Gasteiger partial charge in [-0.1, -0.05) is 23.2 Å². The zero-order chi connectivity index (χ0) is 12.4. The first-order chi connectivity index (χ1) is 8.06. The highest BCUT2D eigenvalue weighted by molar-refractivity contribution is 7.11. The van der Waals surface area contributed by atoms with Gasteiger partial charge in [-0.05, 0) is 32.0 Å². The average Bonchev–Trinajstić information content (AvgIpc) is 2.59. The van der Waals surface area contributed by atoms with Gasteiger partial charge in [0.05, 0.1) is 27.3 Å². The van der Waals surface area contributed by atoms with Crippen LogP contribution in [-0.2, 0) is 6.54 Å². The van der Waals surface area contributed by atoms with Crippen LogP contribution in [0.25, 0.3) is 0 Å². The van der Waals surface area contributed by atoms with Crippen molar-refractivity contribution < 1.29 is 0 Å². The van der Waals surface area contributed by atoms with Gasteiger partial charge in [0.15, 0.2) is 0 Å². The minimum absolute atomic E-state index is 0.564. The van der Waals surface area contributed by atoms with Crippen molar-refractivity contribution in [2.75, 3.05) is 5.32 Å². The van der Waals surface area contributed by atoms with Crippen LogP contribution in [0.4, 0.5) is 5.69 Å². The molecule has 2 rings (SSSR count). The lowest BCUT2D eigenvalue weighted by Gasteiger charge is -2.06. The zero-order valence-electron chi connectivity index (χ0n) is 9.55. The molecule has 0 atom stereocenters. The Morgan fingerprint density at radius 2 is 2.00 bits per heavy atom. The molecule has 0 amide bonds. The molecule has 0 saturated carbocycles. The molecule has 90 valence electrons. The number of aromatic nitrogens is 1. The first-order valence-electron chi connectivity index (χ1n) is 5.18. The Morgan fingerprint density at radius 1 is 1.24 bits per heavy atom. The summed E-state index contributed by atoms with van der Waals surface area (Å²) in [6, 6.07) is 5.53. The maximum Gasteiger partial charge on any atom is 0.0900 e. The Bertz CT molecular complexity index is 537. The van der Waals surface area contributed by atoms with Gasteiger partial charge in [-0.3, -0.25) is 0 Å². The third kappa shape index (κ3) is 3.12. The minimum Gasteiger partial charge on any atom is -0.380 e. The molecule has 1 aromatic carbocycles. The van der Waals surface area contributed by atoms with Gasteiger partial charge in [-0.2, -0.15) is 0 Å². The molecule has 0 unspecified atom stereocenters. The third-order valence-corrected chi connectivity index (χ3v) is 4.18. The van der Waals surface area contributed by atoms with Crippen molar-refractivity contribution in [1.29, 1.82) is 0 Å². The van der Waals surface area contributed by atoms with Crippen molar-refractivity contribution >= 4 is 40.2 Å². The Morgan fingerprint density at radius 3 is 2.59 bits per heavy atom. The van der Waals surface area contributed by atoms with Crippen molar-refractivity contribution in [3.8, 4) is 0 Å². The molecule has 5 heteroatoms. The van der Waals surface area contributed by atoms with Gasteiger partial charge in [0.2, 0.25) is 0 Å². The van der Waals surface area contributed by atoms with Crippen molar-refractivity contribution in [3.05, 3.63) is 43.8 Å². The van der Waals surface area contributed by atoms with Crippen LogP contribution in [-0.4, -0.2) is 4.98 Å². The molecule has 1 N–H and O–H groups in total. The highest BCUT2D eigenvalue weighted by Crippen LogP contribution is 2.26. The van der Waals surface area contributed by atoms with Crippen LogP contribution in [0, 0.1) is 13.8 Å². The quantitative estimate of drug-likeness (QED) is 0.886. The van der Waals surface area contributed by atoms with Gasteiger partial charge >= 0.3 is 0 Å². The smallest absolute Gasteiger partial charge is 0.0900 e. The van der Waals surface area contributed by atoms with Crippen molar-refractivity contribution in [2.45, 2.75) is 20.4 Å². The van der Waals surface area contributed by atoms with Gasteiger partial charge in [0.25, 0.3) is 0 Å². The highest BCUT2D eigenvalue weighted by atomic mass is 35.5. The molecule has 2 aromatic rings. The van der Waals surface area contributed by atoms with Gasteiger partial charge in [0, 0.05) is 10.6 Å². The second-order valence-corrected chi connectivity index (χ2v) is 5.83. The number of thiazole rings is 1. The largest absolute Gasteiger partial charge is 0.380 e. The molecule has 0 aliphatic rings. The first-order valence-corrected chi connectivity index (χ1v) is 6.75. The van der Waals surface area contributed by atoms with E-state index in [2.05, 4.69) is 10.3 Å². The number of nitrogens with zero attached hydrogens (tertiary/aromatic N) is 1. The van der Waals surface area contributed by atoms with Gasteiger partial charge in [-0.25, -0.2) is 4.98 Å². The first kappa shape index (κ1) is 12.7. The lowest BCUT2D eigenvalue weighted by Crippen LogP contribution is -1.98. The van der Waals surface area contributed by atoms with E-state index in [0.29, 0.717) is 10.0 Å². The van der Waals surface area contributed by atoms with E-state index >= 15 is 0 Å². The summed E-state index contributed by atoms with van der Waals surface area (Å²) in [6.45, 7) is 4.80. The summed E-state index contributed by atoms with van der Waals surface area (Å²) in [4.78, 5) is 5.63. The van der Waals surface area contributed by atoms with Crippen LogP contribution in [0.3, 0.4) is 0 Å². The summed E-state index contributed by atoms with van der Waals surface area (Å²) in [5, 5.41) is 5.54. The van der Waals surface area contributed by atoms with E-state index in [-0.39, 0.29) is 0 Å².